The first-order valence-electron chi connectivity index (χ1n) is 6.80. The summed E-state index contributed by atoms with van der Waals surface area (Å²) in [5.41, 5.74) is 0.522. The normalized spacial score (nSPS) is 21.4. The van der Waals surface area contributed by atoms with E-state index in [-0.39, 0.29) is 29.5 Å². The lowest BCUT2D eigenvalue weighted by atomic mass is 9.88. The molecule has 1 N–H and O–H groups in total. The third-order valence-electron chi connectivity index (χ3n) is 3.82. The quantitative estimate of drug-likeness (QED) is 0.927. The van der Waals surface area contributed by atoms with Crippen molar-refractivity contribution in [1.29, 1.82) is 0 Å². The van der Waals surface area contributed by atoms with Crippen LogP contribution in [0.15, 0.2) is 24.3 Å². The van der Waals surface area contributed by atoms with Crippen LogP contribution in [0.3, 0.4) is 0 Å². The minimum atomic E-state index is -0.316. The van der Waals surface area contributed by atoms with Gasteiger partial charge in [0.2, 0.25) is 5.91 Å². The molecule has 1 heterocycles. The van der Waals surface area contributed by atoms with Gasteiger partial charge in [0.25, 0.3) is 0 Å². The number of nitrogens with one attached hydrogen (secondary N) is 1. The average molecular weight is 301 g/mol. The topological polar surface area (TPSA) is 32.3 Å². The molecule has 1 atom stereocenters. The van der Waals surface area contributed by atoms with E-state index >= 15 is 0 Å². The van der Waals surface area contributed by atoms with Crippen molar-refractivity contribution in [3.05, 3.63) is 35.6 Å². The maximum absolute atomic E-state index is 13.2. The summed E-state index contributed by atoms with van der Waals surface area (Å²) in [5.74, 6) is -0.0981. The molecular weight excluding hydrogens is 279 g/mol. The Kier molecular flexibility index (Phi) is 5.96. The van der Waals surface area contributed by atoms with Crippen molar-refractivity contribution in [3.63, 3.8) is 0 Å². The fourth-order valence-corrected chi connectivity index (χ4v) is 2.56. The van der Waals surface area contributed by atoms with Crippen LogP contribution in [0.4, 0.5) is 4.39 Å². The largest absolute Gasteiger partial charge is 0.338 e. The fourth-order valence-electron chi connectivity index (χ4n) is 2.56. The van der Waals surface area contributed by atoms with Crippen LogP contribution in [0, 0.1) is 11.2 Å². The van der Waals surface area contributed by atoms with E-state index in [0.29, 0.717) is 13.1 Å². The van der Waals surface area contributed by atoms with Gasteiger partial charge >= 0.3 is 0 Å². The van der Waals surface area contributed by atoms with Crippen molar-refractivity contribution < 1.29 is 9.18 Å². The summed E-state index contributed by atoms with van der Waals surface area (Å²) in [4.78, 5) is 14.4. The maximum Gasteiger partial charge on any atom is 0.230 e. The molecule has 1 saturated heterocycles. The van der Waals surface area contributed by atoms with Crippen LogP contribution >= 0.6 is 12.4 Å². The number of amides is 1. The Balaban J connectivity index is 0.00000200. The molecule has 20 heavy (non-hydrogen) atoms. The number of nitrogens with zero attached hydrogens (tertiary/aromatic N) is 1. The monoisotopic (exact) mass is 300 g/mol. The molecule has 5 heteroatoms. The van der Waals surface area contributed by atoms with Gasteiger partial charge in [0.05, 0.1) is 5.41 Å². The van der Waals surface area contributed by atoms with Crippen LogP contribution in [0.25, 0.3) is 0 Å². The van der Waals surface area contributed by atoms with Crippen LogP contribution in [-0.2, 0) is 11.3 Å². The Morgan fingerprint density at radius 2 is 2.25 bits per heavy atom. The molecule has 0 radical (unpaired) electrons. The van der Waals surface area contributed by atoms with Gasteiger partial charge in [-0.3, -0.25) is 4.79 Å². The van der Waals surface area contributed by atoms with Gasteiger partial charge in [-0.1, -0.05) is 12.1 Å². The first-order valence-corrected chi connectivity index (χ1v) is 6.80. The number of hydrogen-bond acceptors (Lipinski definition) is 2. The van der Waals surface area contributed by atoms with Gasteiger partial charge in [-0.25, -0.2) is 4.39 Å². The molecule has 1 amide bonds. The summed E-state index contributed by atoms with van der Waals surface area (Å²) in [7, 11) is 0. The van der Waals surface area contributed by atoms with E-state index in [2.05, 4.69) is 5.32 Å². The number of halogens is 2. The average Bonchev–Trinajstić information content (AvgIpc) is 2.83. The van der Waals surface area contributed by atoms with Gasteiger partial charge in [0.1, 0.15) is 5.82 Å². The number of benzene rings is 1. The maximum atomic E-state index is 13.2. The van der Waals surface area contributed by atoms with Crippen LogP contribution in [0.5, 0.6) is 0 Å². The van der Waals surface area contributed by atoms with Gasteiger partial charge in [-0.15, -0.1) is 12.4 Å². The van der Waals surface area contributed by atoms with Gasteiger partial charge in [0.15, 0.2) is 0 Å². The lowest BCUT2D eigenvalue weighted by Gasteiger charge is -2.30. The van der Waals surface area contributed by atoms with Crippen molar-refractivity contribution in [2.75, 3.05) is 19.6 Å². The Labute approximate surface area is 125 Å². The van der Waals surface area contributed by atoms with Crippen molar-refractivity contribution in [2.45, 2.75) is 26.8 Å². The fraction of sp³-hybridized carbons (Fsp3) is 0.533. The van der Waals surface area contributed by atoms with Crippen molar-refractivity contribution in [2.24, 2.45) is 5.41 Å². The summed E-state index contributed by atoms with van der Waals surface area (Å²) >= 11 is 0. The standard InChI is InChI=1S/C15H21FN2O.ClH/c1-3-18(10-12-5-4-6-13(16)9-12)14(19)15(2)7-8-17-11-15;/h4-6,9,17H,3,7-8,10-11H2,1-2H3;1H. The van der Waals surface area contributed by atoms with Crippen LogP contribution in [0.1, 0.15) is 25.8 Å². The number of carbonyl (C=O) groups excluding carboxylic acids is 1. The predicted octanol–water partition coefficient (Wildman–Crippen LogP) is 2.60. The Hall–Kier alpha value is -1.13. The van der Waals surface area contributed by atoms with E-state index in [9.17, 15) is 9.18 Å². The molecule has 0 saturated carbocycles. The van der Waals surface area contributed by atoms with Gasteiger partial charge in [-0.2, -0.15) is 0 Å². The second kappa shape index (κ2) is 7.04. The molecule has 3 nitrogen and oxygen atoms in total. The molecule has 0 bridgehead atoms. The molecule has 0 spiro atoms. The highest BCUT2D eigenvalue weighted by Crippen LogP contribution is 2.27. The van der Waals surface area contributed by atoms with Crippen LogP contribution in [0.2, 0.25) is 0 Å². The summed E-state index contributed by atoms with van der Waals surface area (Å²) < 4.78 is 13.2. The van der Waals surface area contributed by atoms with E-state index in [1.165, 1.54) is 12.1 Å². The van der Waals surface area contributed by atoms with Crippen molar-refractivity contribution >= 4 is 18.3 Å². The zero-order valence-corrected chi connectivity index (χ0v) is 12.8. The van der Waals surface area contributed by atoms with E-state index < -0.39 is 0 Å². The molecule has 1 aromatic carbocycles. The molecular formula is C15H22ClFN2O. The number of rotatable bonds is 4. The highest BCUT2D eigenvalue weighted by Gasteiger charge is 2.38. The zero-order valence-electron chi connectivity index (χ0n) is 12.0. The Morgan fingerprint density at radius 3 is 2.80 bits per heavy atom. The smallest absolute Gasteiger partial charge is 0.230 e. The third-order valence-corrected chi connectivity index (χ3v) is 3.82. The Morgan fingerprint density at radius 1 is 1.50 bits per heavy atom. The minimum Gasteiger partial charge on any atom is -0.338 e. The van der Waals surface area contributed by atoms with Gasteiger partial charge < -0.3 is 10.2 Å². The summed E-state index contributed by atoms with van der Waals surface area (Å²) in [6.45, 7) is 6.70. The molecule has 1 aliphatic rings. The first kappa shape index (κ1) is 16.9. The molecule has 2 rings (SSSR count). The van der Waals surface area contributed by atoms with Gasteiger partial charge in [0, 0.05) is 19.6 Å². The zero-order chi connectivity index (χ0) is 13.9. The number of hydrogen-bond donors (Lipinski definition) is 1. The third kappa shape index (κ3) is 3.70. The Bertz CT molecular complexity index is 461. The second-order valence-corrected chi connectivity index (χ2v) is 5.44. The molecule has 112 valence electrons. The van der Waals surface area contributed by atoms with E-state index in [1.807, 2.05) is 24.8 Å². The minimum absolute atomic E-state index is 0. The molecule has 1 aliphatic heterocycles. The molecule has 1 fully saturated rings. The lowest BCUT2D eigenvalue weighted by molar-refractivity contribution is -0.140. The van der Waals surface area contributed by atoms with Crippen molar-refractivity contribution in [3.8, 4) is 0 Å². The summed E-state index contributed by atoms with van der Waals surface area (Å²) in [6.07, 6.45) is 0.867. The van der Waals surface area contributed by atoms with Crippen LogP contribution < -0.4 is 5.32 Å². The van der Waals surface area contributed by atoms with E-state index in [4.69, 9.17) is 0 Å². The van der Waals surface area contributed by atoms with E-state index in [0.717, 1.165) is 25.1 Å². The SMILES string of the molecule is CCN(Cc1cccc(F)c1)C(=O)C1(C)CCNC1.Cl. The highest BCUT2D eigenvalue weighted by molar-refractivity contribution is 5.85. The molecule has 0 aliphatic carbocycles. The predicted molar refractivity (Wildman–Crippen MR) is 80.3 cm³/mol. The number of carbonyl (C=O) groups is 1. The van der Waals surface area contributed by atoms with E-state index in [1.54, 1.807) is 6.07 Å². The van der Waals surface area contributed by atoms with Gasteiger partial charge in [-0.05, 0) is 44.5 Å². The highest BCUT2D eigenvalue weighted by atomic mass is 35.5. The van der Waals surface area contributed by atoms with Crippen LogP contribution in [-0.4, -0.2) is 30.4 Å². The lowest BCUT2D eigenvalue weighted by Crippen LogP contribution is -2.43. The first-order chi connectivity index (χ1) is 9.05. The van der Waals surface area contributed by atoms with Crippen molar-refractivity contribution in [1.82, 2.24) is 10.2 Å². The summed E-state index contributed by atoms with van der Waals surface area (Å²) in [5, 5.41) is 3.24. The molecule has 1 unspecified atom stereocenters. The summed E-state index contributed by atoms with van der Waals surface area (Å²) in [6, 6.07) is 6.45. The second-order valence-electron chi connectivity index (χ2n) is 5.44. The molecule has 0 aromatic heterocycles. The molecule has 1 aromatic rings.